The molecule has 5 radical (unpaired) electrons. The van der Waals surface area contributed by atoms with Gasteiger partial charge in [-0.05, 0) is 0 Å². The van der Waals surface area contributed by atoms with Gasteiger partial charge in [0.15, 0.2) is 0 Å². The first-order valence-corrected chi connectivity index (χ1v) is 7.62. The summed E-state index contributed by atoms with van der Waals surface area (Å²) < 4.78 is 9.29. The molecule has 1 saturated heterocycles. The molecule has 15 heavy (non-hydrogen) atoms. The van der Waals surface area contributed by atoms with Crippen LogP contribution in [0.5, 0.6) is 0 Å². The van der Waals surface area contributed by atoms with Gasteiger partial charge in [-0.25, -0.2) is 0 Å². The van der Waals surface area contributed by atoms with Gasteiger partial charge in [0.05, 0.1) is 0 Å². The SMILES string of the molecule is COC(=O)[C]1[CH][CH][CH][C](C(=O)OC)[Se+]1C. The fourth-order valence-corrected chi connectivity index (χ4v) is 4.21. The predicted octanol–water partition coefficient (Wildman–Crippen LogP) is 0.311. The quantitative estimate of drug-likeness (QED) is 0.537. The molecular weight excluding hydrogens is 263 g/mol. The predicted molar refractivity (Wildman–Crippen MR) is 55.0 cm³/mol. The van der Waals surface area contributed by atoms with E-state index in [2.05, 4.69) is 9.47 Å². The number of carbonyl (C=O) groups is 2. The van der Waals surface area contributed by atoms with Crippen LogP contribution in [0.4, 0.5) is 0 Å². The van der Waals surface area contributed by atoms with E-state index < -0.39 is 13.9 Å². The molecule has 5 heteroatoms. The van der Waals surface area contributed by atoms with Crippen molar-refractivity contribution in [2.75, 3.05) is 14.2 Å². The maximum absolute atomic E-state index is 11.4. The molecule has 1 fully saturated rings. The first kappa shape index (κ1) is 12.5. The molecule has 0 aromatic heterocycles. The Balaban J connectivity index is 2.70. The zero-order valence-electron chi connectivity index (χ0n) is 8.77. The Morgan fingerprint density at radius 1 is 1.07 bits per heavy atom. The Hall–Kier alpha value is -0.541. The Labute approximate surface area is 94.2 Å². The van der Waals surface area contributed by atoms with Crippen molar-refractivity contribution in [2.45, 2.75) is 5.82 Å². The summed E-state index contributed by atoms with van der Waals surface area (Å²) in [6.07, 6.45) is 5.06. The van der Waals surface area contributed by atoms with Crippen molar-refractivity contribution in [3.05, 3.63) is 28.9 Å². The van der Waals surface area contributed by atoms with Crippen molar-refractivity contribution in [3.63, 3.8) is 0 Å². The number of rotatable bonds is 2. The van der Waals surface area contributed by atoms with Crippen molar-refractivity contribution < 1.29 is 19.1 Å². The van der Waals surface area contributed by atoms with Gasteiger partial charge in [0.1, 0.15) is 0 Å². The summed E-state index contributed by atoms with van der Waals surface area (Å²) in [5.41, 5.74) is 0. The molecule has 0 saturated carbocycles. The van der Waals surface area contributed by atoms with Crippen molar-refractivity contribution in [3.8, 4) is 0 Å². The molecule has 1 aliphatic rings. The van der Waals surface area contributed by atoms with E-state index in [-0.39, 0.29) is 11.9 Å². The van der Waals surface area contributed by atoms with Gasteiger partial charge in [0.2, 0.25) is 0 Å². The molecule has 1 aliphatic heterocycles. The van der Waals surface area contributed by atoms with E-state index in [0.717, 1.165) is 0 Å². The number of carbonyl (C=O) groups excluding carboxylic acids is 2. The fourth-order valence-electron chi connectivity index (χ4n) is 1.13. The van der Waals surface area contributed by atoms with Gasteiger partial charge in [0.25, 0.3) is 0 Å². The summed E-state index contributed by atoms with van der Waals surface area (Å²) in [6.45, 7) is 0. The van der Waals surface area contributed by atoms with Gasteiger partial charge in [-0.3, -0.25) is 0 Å². The van der Waals surface area contributed by atoms with Crippen molar-refractivity contribution in [1.82, 2.24) is 0 Å². The van der Waals surface area contributed by atoms with E-state index in [1.54, 1.807) is 19.3 Å². The number of esters is 2. The zero-order chi connectivity index (χ0) is 11.4. The summed E-state index contributed by atoms with van der Waals surface area (Å²) in [7, 11) is 2.66. The van der Waals surface area contributed by atoms with Gasteiger partial charge in [-0.1, -0.05) is 0 Å². The molecule has 1 rings (SSSR count). The minimum atomic E-state index is -1.59. The van der Waals surface area contributed by atoms with Crippen LogP contribution in [0.2, 0.25) is 5.82 Å². The molecule has 0 atom stereocenters. The van der Waals surface area contributed by atoms with Crippen molar-refractivity contribution in [1.29, 1.82) is 0 Å². The Morgan fingerprint density at radius 3 is 1.80 bits per heavy atom. The fraction of sp³-hybridized carbons (Fsp3) is 0.300. The molecule has 0 amide bonds. The average molecular weight is 275 g/mol. The molecule has 0 spiro atoms. The van der Waals surface area contributed by atoms with E-state index >= 15 is 0 Å². The summed E-state index contributed by atoms with van der Waals surface area (Å²) in [4.78, 5) is 23.9. The van der Waals surface area contributed by atoms with Gasteiger partial charge in [-0.15, -0.1) is 0 Å². The topological polar surface area (TPSA) is 52.6 Å². The summed E-state index contributed by atoms with van der Waals surface area (Å²) >= 11 is -1.59. The number of ether oxygens (including phenoxy) is 2. The number of hydrogen-bond acceptors (Lipinski definition) is 4. The van der Waals surface area contributed by atoms with Crippen LogP contribution >= 0.6 is 0 Å². The monoisotopic (exact) mass is 276 g/mol. The van der Waals surface area contributed by atoms with Crippen LogP contribution in [0.15, 0.2) is 0 Å². The summed E-state index contributed by atoms with van der Waals surface area (Å²) in [6, 6.07) is 0. The van der Waals surface area contributed by atoms with Crippen LogP contribution in [-0.2, 0) is 19.1 Å². The molecule has 0 aliphatic carbocycles. The number of methoxy groups -OCH3 is 2. The summed E-state index contributed by atoms with van der Waals surface area (Å²) in [5, 5.41) is 0. The Bertz CT molecular complexity index is 230. The van der Waals surface area contributed by atoms with Gasteiger partial charge in [-0.2, -0.15) is 0 Å². The molecule has 0 aromatic rings. The second-order valence-electron chi connectivity index (χ2n) is 2.75. The van der Waals surface area contributed by atoms with Gasteiger partial charge < -0.3 is 0 Å². The third kappa shape index (κ3) is 2.73. The molecule has 0 unspecified atom stereocenters. The van der Waals surface area contributed by atoms with E-state index in [0.29, 0.717) is 9.63 Å². The Morgan fingerprint density at radius 2 is 1.47 bits per heavy atom. The minimum absolute atomic E-state index is 0.367. The average Bonchev–Trinajstić information content (AvgIpc) is 2.27. The van der Waals surface area contributed by atoms with E-state index in [9.17, 15) is 9.59 Å². The first-order chi connectivity index (χ1) is 7.11. The molecule has 0 aromatic carbocycles. The summed E-state index contributed by atoms with van der Waals surface area (Å²) in [5.74, 6) is 1.15. The van der Waals surface area contributed by atoms with Crippen molar-refractivity contribution >= 4 is 25.8 Å². The normalized spacial score (nSPS) is 19.9. The zero-order valence-corrected chi connectivity index (χ0v) is 10.5. The van der Waals surface area contributed by atoms with Crippen LogP contribution in [0.3, 0.4) is 0 Å². The van der Waals surface area contributed by atoms with Crippen LogP contribution in [0.25, 0.3) is 0 Å². The standard InChI is InChI=1S/C10H12O4Se/c1-13-9(11)7-5-4-6-8(15(7)3)10(12)14-2/h4-6H,1-3H3/q+1. The molecule has 0 bridgehead atoms. The van der Waals surface area contributed by atoms with Crippen LogP contribution in [-0.4, -0.2) is 40.1 Å². The molecule has 81 valence electrons. The number of hydrogen-bond donors (Lipinski definition) is 0. The third-order valence-electron chi connectivity index (χ3n) is 1.93. The van der Waals surface area contributed by atoms with Crippen LogP contribution in [0.1, 0.15) is 0 Å². The maximum atomic E-state index is 11.4. The van der Waals surface area contributed by atoms with E-state index in [1.165, 1.54) is 14.2 Å². The second-order valence-corrected chi connectivity index (χ2v) is 6.73. The molecular formula is C10H12O4Se+. The molecule has 1 heterocycles. The van der Waals surface area contributed by atoms with Crippen molar-refractivity contribution in [2.24, 2.45) is 0 Å². The second kappa shape index (κ2) is 5.52. The van der Waals surface area contributed by atoms with Gasteiger partial charge in [0, 0.05) is 0 Å². The molecule has 4 nitrogen and oxygen atoms in total. The van der Waals surface area contributed by atoms with Gasteiger partial charge >= 0.3 is 93.8 Å². The first-order valence-electron chi connectivity index (χ1n) is 4.19. The van der Waals surface area contributed by atoms with E-state index in [1.807, 2.05) is 5.82 Å². The van der Waals surface area contributed by atoms with Crippen LogP contribution < -0.4 is 0 Å². The molecule has 0 N–H and O–H groups in total. The van der Waals surface area contributed by atoms with Crippen LogP contribution in [0, 0.1) is 28.9 Å². The Kier molecular flexibility index (Phi) is 4.61. The van der Waals surface area contributed by atoms with E-state index in [4.69, 9.17) is 0 Å². The third-order valence-corrected chi connectivity index (χ3v) is 5.97.